The Balaban J connectivity index is 1.97. The highest BCUT2D eigenvalue weighted by molar-refractivity contribution is 5.43. The number of benzene rings is 2. The van der Waals surface area contributed by atoms with Crippen molar-refractivity contribution in [2.24, 2.45) is 0 Å². The van der Waals surface area contributed by atoms with E-state index in [1.165, 1.54) is 24.3 Å². The van der Waals surface area contributed by atoms with Gasteiger partial charge in [0.2, 0.25) is 5.88 Å². The van der Waals surface area contributed by atoms with Crippen molar-refractivity contribution in [2.45, 2.75) is 45.8 Å². The van der Waals surface area contributed by atoms with Gasteiger partial charge in [0, 0.05) is 19.2 Å². The molecule has 1 atom stereocenters. The predicted molar refractivity (Wildman–Crippen MR) is 126 cm³/mol. The minimum Gasteiger partial charge on any atom is -0.438 e. The van der Waals surface area contributed by atoms with Gasteiger partial charge in [-0.05, 0) is 69.1 Å². The van der Waals surface area contributed by atoms with Crippen LogP contribution in [0.25, 0.3) is 5.69 Å². The van der Waals surface area contributed by atoms with Crippen molar-refractivity contribution in [3.63, 3.8) is 0 Å². The molecule has 5 nitrogen and oxygen atoms in total. The number of aliphatic hydroxyl groups is 1. The second-order valence-electron chi connectivity index (χ2n) is 8.07. The molecule has 0 unspecified atom stereocenters. The van der Waals surface area contributed by atoms with Crippen LogP contribution in [0.3, 0.4) is 0 Å². The third-order valence-corrected chi connectivity index (χ3v) is 5.31. The average molecular weight is 456 g/mol. The van der Waals surface area contributed by atoms with Gasteiger partial charge in [0.1, 0.15) is 17.4 Å². The van der Waals surface area contributed by atoms with Gasteiger partial charge in [0.15, 0.2) is 0 Å². The highest BCUT2D eigenvalue weighted by atomic mass is 19.1. The van der Waals surface area contributed by atoms with Crippen LogP contribution in [-0.4, -0.2) is 39.0 Å². The Bertz CT molecular complexity index is 1050. The van der Waals surface area contributed by atoms with Gasteiger partial charge in [0.05, 0.1) is 23.0 Å². The zero-order valence-electron chi connectivity index (χ0n) is 19.2. The van der Waals surface area contributed by atoms with E-state index in [2.05, 4.69) is 23.5 Å². The van der Waals surface area contributed by atoms with Gasteiger partial charge < -0.3 is 9.84 Å². The van der Waals surface area contributed by atoms with Crippen molar-refractivity contribution in [2.75, 3.05) is 13.1 Å². The highest BCUT2D eigenvalue weighted by Gasteiger charge is 2.22. The third kappa shape index (κ3) is 6.73. The lowest BCUT2D eigenvalue weighted by molar-refractivity contribution is 0.102. The molecule has 2 aromatic carbocycles. The lowest BCUT2D eigenvalue weighted by atomic mass is 10.1. The lowest BCUT2D eigenvalue weighted by Crippen LogP contribution is -2.33. The van der Waals surface area contributed by atoms with Crippen molar-refractivity contribution in [1.82, 2.24) is 14.7 Å². The molecule has 7 heteroatoms. The molecular formula is C26H31F2N3O2. The molecule has 176 valence electrons. The monoisotopic (exact) mass is 455 g/mol. The van der Waals surface area contributed by atoms with Gasteiger partial charge in [-0.15, -0.1) is 6.58 Å². The molecule has 3 aromatic rings. The quantitative estimate of drug-likeness (QED) is 0.351. The molecule has 0 amide bonds. The van der Waals surface area contributed by atoms with Crippen LogP contribution in [0.15, 0.2) is 61.2 Å². The fraction of sp³-hybridized carbons (Fsp3) is 0.346. The zero-order chi connectivity index (χ0) is 23.8. The molecule has 0 aliphatic rings. The van der Waals surface area contributed by atoms with E-state index in [4.69, 9.17) is 4.74 Å². The van der Waals surface area contributed by atoms with Crippen LogP contribution in [0.5, 0.6) is 11.6 Å². The van der Waals surface area contributed by atoms with E-state index in [9.17, 15) is 13.9 Å². The third-order valence-electron chi connectivity index (χ3n) is 5.31. The van der Waals surface area contributed by atoms with Gasteiger partial charge >= 0.3 is 0 Å². The minimum absolute atomic E-state index is 0.340. The van der Waals surface area contributed by atoms with E-state index >= 15 is 0 Å². The van der Waals surface area contributed by atoms with Crippen molar-refractivity contribution < 1.29 is 18.6 Å². The zero-order valence-corrected chi connectivity index (χ0v) is 19.2. The van der Waals surface area contributed by atoms with E-state index < -0.39 is 11.9 Å². The Labute approximate surface area is 193 Å². The molecule has 0 fully saturated rings. The summed E-state index contributed by atoms with van der Waals surface area (Å²) in [5, 5.41) is 15.1. The Morgan fingerprint density at radius 2 is 1.94 bits per heavy atom. The van der Waals surface area contributed by atoms with E-state index in [1.54, 1.807) is 35.0 Å². The maximum atomic E-state index is 13.8. The second kappa shape index (κ2) is 11.7. The summed E-state index contributed by atoms with van der Waals surface area (Å²) in [5.41, 5.74) is 2.20. The van der Waals surface area contributed by atoms with Gasteiger partial charge in [-0.25, -0.2) is 13.5 Å². The maximum absolute atomic E-state index is 13.8. The first-order valence-electron chi connectivity index (χ1n) is 11.2. The SMILES string of the molecule is C=CCC[C@H](O)CN(CCC)Cc1c(C)nn(-c2ccc(F)cc2)c1Oc1cccc(F)c1. The summed E-state index contributed by atoms with van der Waals surface area (Å²) in [6, 6.07) is 11.9. The van der Waals surface area contributed by atoms with Gasteiger partial charge in [-0.3, -0.25) is 4.90 Å². The molecule has 0 radical (unpaired) electrons. The van der Waals surface area contributed by atoms with E-state index in [1.807, 2.05) is 6.92 Å². The molecule has 33 heavy (non-hydrogen) atoms. The summed E-state index contributed by atoms with van der Waals surface area (Å²) in [6.07, 6.45) is 3.63. The smallest absolute Gasteiger partial charge is 0.227 e. The number of aryl methyl sites for hydroxylation is 1. The van der Waals surface area contributed by atoms with Crippen molar-refractivity contribution >= 4 is 0 Å². The summed E-state index contributed by atoms with van der Waals surface area (Å²) in [4.78, 5) is 2.16. The molecule has 0 saturated heterocycles. The molecular weight excluding hydrogens is 424 g/mol. The van der Waals surface area contributed by atoms with Gasteiger partial charge in [0.25, 0.3) is 0 Å². The van der Waals surface area contributed by atoms with Crippen LogP contribution in [0.2, 0.25) is 0 Å². The molecule has 1 aromatic heterocycles. The normalized spacial score (nSPS) is 12.2. The van der Waals surface area contributed by atoms with Crippen LogP contribution in [0, 0.1) is 18.6 Å². The standard InChI is InChI=1S/C26H31F2N3O2/c1-4-6-9-23(32)17-30(15-5-2)18-25-19(3)29-31(22-13-11-20(27)12-14-22)26(25)33-24-10-7-8-21(28)16-24/h4,7-8,10-14,16,23,32H,1,5-6,9,15,17-18H2,2-3H3/t23-/m0/s1. The van der Waals surface area contributed by atoms with E-state index in [-0.39, 0.29) is 5.82 Å². The fourth-order valence-electron chi connectivity index (χ4n) is 3.70. The Morgan fingerprint density at radius 1 is 1.18 bits per heavy atom. The van der Waals surface area contributed by atoms with E-state index in [0.29, 0.717) is 36.8 Å². The minimum atomic E-state index is -0.477. The number of aromatic nitrogens is 2. The first-order chi connectivity index (χ1) is 15.9. The number of rotatable bonds is 12. The summed E-state index contributed by atoms with van der Waals surface area (Å²) >= 11 is 0. The van der Waals surface area contributed by atoms with Crippen LogP contribution in [-0.2, 0) is 6.54 Å². The van der Waals surface area contributed by atoms with Crippen LogP contribution in [0.1, 0.15) is 37.4 Å². The molecule has 1 N–H and O–H groups in total. The number of allylic oxidation sites excluding steroid dienone is 1. The molecule has 0 aliphatic carbocycles. The van der Waals surface area contributed by atoms with Gasteiger partial charge in [-0.2, -0.15) is 5.10 Å². The Kier molecular flexibility index (Phi) is 8.74. The molecule has 0 spiro atoms. The average Bonchev–Trinajstić information content (AvgIpc) is 3.08. The maximum Gasteiger partial charge on any atom is 0.227 e. The molecule has 0 saturated carbocycles. The second-order valence-corrected chi connectivity index (χ2v) is 8.07. The first-order valence-corrected chi connectivity index (χ1v) is 11.2. The first kappa shape index (κ1) is 24.6. The molecule has 0 bridgehead atoms. The molecule has 1 heterocycles. The van der Waals surface area contributed by atoms with E-state index in [0.717, 1.165) is 30.6 Å². The Hall–Kier alpha value is -3.03. The summed E-state index contributed by atoms with van der Waals surface area (Å²) in [5.74, 6) is 0.0219. The largest absolute Gasteiger partial charge is 0.438 e. The number of hydrogen-bond acceptors (Lipinski definition) is 4. The van der Waals surface area contributed by atoms with Crippen molar-refractivity contribution in [3.05, 3.63) is 84.1 Å². The van der Waals surface area contributed by atoms with Crippen molar-refractivity contribution in [1.29, 1.82) is 0 Å². The number of halogens is 2. The topological polar surface area (TPSA) is 50.5 Å². The number of nitrogens with zero attached hydrogens (tertiary/aromatic N) is 3. The number of ether oxygens (including phenoxy) is 1. The highest BCUT2D eigenvalue weighted by Crippen LogP contribution is 2.32. The lowest BCUT2D eigenvalue weighted by Gasteiger charge is -2.25. The summed E-state index contributed by atoms with van der Waals surface area (Å²) < 4.78 is 35.1. The Morgan fingerprint density at radius 3 is 2.61 bits per heavy atom. The number of aliphatic hydroxyl groups excluding tert-OH is 1. The molecule has 0 aliphatic heterocycles. The summed E-state index contributed by atoms with van der Waals surface area (Å²) in [6.45, 7) is 9.47. The van der Waals surface area contributed by atoms with Crippen LogP contribution in [0.4, 0.5) is 8.78 Å². The van der Waals surface area contributed by atoms with Crippen LogP contribution >= 0.6 is 0 Å². The fourth-order valence-corrected chi connectivity index (χ4v) is 3.70. The number of hydrogen-bond donors (Lipinski definition) is 1. The van der Waals surface area contributed by atoms with Gasteiger partial charge in [-0.1, -0.05) is 19.1 Å². The predicted octanol–water partition coefficient (Wildman–Crippen LogP) is 5.79. The van der Waals surface area contributed by atoms with Crippen molar-refractivity contribution in [3.8, 4) is 17.3 Å². The molecule has 3 rings (SSSR count). The summed E-state index contributed by atoms with van der Waals surface area (Å²) in [7, 11) is 0. The van der Waals surface area contributed by atoms with Crippen LogP contribution < -0.4 is 4.74 Å².